The summed E-state index contributed by atoms with van der Waals surface area (Å²) in [4.78, 5) is 21.5. The maximum absolute atomic E-state index is 12.6. The van der Waals surface area contributed by atoms with Crippen LogP contribution in [0.5, 0.6) is 5.75 Å². The largest absolute Gasteiger partial charge is 0.491 e. The molecule has 6 heteroatoms. The predicted molar refractivity (Wildman–Crippen MR) is 122 cm³/mol. The Hall–Kier alpha value is -2.86. The number of hydrogen-bond acceptors (Lipinski definition) is 5. The maximum atomic E-state index is 12.6. The van der Waals surface area contributed by atoms with E-state index in [2.05, 4.69) is 27.4 Å². The molecule has 0 aliphatic heterocycles. The van der Waals surface area contributed by atoms with Gasteiger partial charge in [0.15, 0.2) is 5.16 Å². The topological polar surface area (TPSA) is 64.1 Å². The Labute approximate surface area is 182 Å². The molecule has 1 heterocycles. The second-order valence-corrected chi connectivity index (χ2v) is 7.76. The minimum Gasteiger partial charge on any atom is -0.491 e. The maximum Gasteiger partial charge on any atom is 0.224 e. The van der Waals surface area contributed by atoms with Gasteiger partial charge in [-0.2, -0.15) is 0 Å². The number of rotatable bonds is 9. The summed E-state index contributed by atoms with van der Waals surface area (Å²) < 4.78 is 5.93. The van der Waals surface area contributed by atoms with Gasteiger partial charge >= 0.3 is 0 Å². The van der Waals surface area contributed by atoms with E-state index in [4.69, 9.17) is 4.74 Å². The van der Waals surface area contributed by atoms with E-state index in [1.165, 1.54) is 17.3 Å². The fourth-order valence-corrected chi connectivity index (χ4v) is 3.69. The summed E-state index contributed by atoms with van der Waals surface area (Å²) in [5.41, 5.74) is 4.82. The van der Waals surface area contributed by atoms with Crippen LogP contribution in [-0.4, -0.2) is 28.7 Å². The zero-order chi connectivity index (χ0) is 21.3. The molecule has 5 nitrogen and oxygen atoms in total. The van der Waals surface area contributed by atoms with Crippen LogP contribution < -0.4 is 10.1 Å². The van der Waals surface area contributed by atoms with Crippen LogP contribution in [0.15, 0.2) is 59.8 Å². The third-order valence-electron chi connectivity index (χ3n) is 4.84. The normalized spacial score (nSPS) is 10.6. The van der Waals surface area contributed by atoms with Crippen LogP contribution in [-0.2, 0) is 17.6 Å². The fraction of sp³-hybridized carbons (Fsp3) is 0.292. The van der Waals surface area contributed by atoms with Crippen molar-refractivity contribution in [2.24, 2.45) is 0 Å². The molecule has 2 aromatic carbocycles. The van der Waals surface area contributed by atoms with E-state index in [1.54, 1.807) is 0 Å². The minimum atomic E-state index is -0.0538. The summed E-state index contributed by atoms with van der Waals surface area (Å²) in [7, 11) is 0. The van der Waals surface area contributed by atoms with Crippen LogP contribution in [0.1, 0.15) is 28.9 Å². The molecular weight excluding hydrogens is 394 g/mol. The number of carbonyl (C=O) groups excluding carboxylic acids is 1. The second-order valence-electron chi connectivity index (χ2n) is 6.99. The highest BCUT2D eigenvalue weighted by atomic mass is 32.2. The van der Waals surface area contributed by atoms with Crippen molar-refractivity contribution < 1.29 is 9.53 Å². The molecule has 0 unspecified atom stereocenters. The first-order valence-corrected chi connectivity index (χ1v) is 11.2. The van der Waals surface area contributed by atoms with Crippen LogP contribution in [0.25, 0.3) is 0 Å². The van der Waals surface area contributed by atoms with Gasteiger partial charge in [0.25, 0.3) is 0 Å². The van der Waals surface area contributed by atoms with Gasteiger partial charge in [0, 0.05) is 24.2 Å². The molecule has 0 saturated carbocycles. The van der Waals surface area contributed by atoms with Crippen LogP contribution in [0.2, 0.25) is 0 Å². The number of aromatic nitrogens is 2. The molecule has 1 N–H and O–H groups in total. The number of amides is 1. The zero-order valence-electron chi connectivity index (χ0n) is 17.6. The molecule has 0 atom stereocenters. The lowest BCUT2D eigenvalue weighted by Gasteiger charge is -2.13. The lowest BCUT2D eigenvalue weighted by atomic mass is 10.1. The van der Waals surface area contributed by atoms with Crippen LogP contribution in [0.4, 0.5) is 5.69 Å². The minimum absolute atomic E-state index is 0.0538. The summed E-state index contributed by atoms with van der Waals surface area (Å²) in [6.07, 6.45) is 3.74. The second kappa shape index (κ2) is 10.8. The Morgan fingerprint density at radius 2 is 1.63 bits per heavy atom. The molecule has 0 radical (unpaired) electrons. The van der Waals surface area contributed by atoms with Gasteiger partial charge in [-0.3, -0.25) is 4.79 Å². The lowest BCUT2D eigenvalue weighted by Crippen LogP contribution is -2.15. The molecule has 1 aromatic heterocycles. The van der Waals surface area contributed by atoms with Crippen molar-refractivity contribution in [1.82, 2.24) is 9.97 Å². The van der Waals surface area contributed by atoms with Gasteiger partial charge < -0.3 is 10.1 Å². The van der Waals surface area contributed by atoms with Gasteiger partial charge in [-0.25, -0.2) is 9.97 Å². The SMILES string of the molecule is CSc1nc(C)c(CCC(=O)Nc2ccccc2OCCc2ccccc2)c(C)n1. The van der Waals surface area contributed by atoms with Crippen LogP contribution >= 0.6 is 11.8 Å². The molecule has 3 aromatic rings. The highest BCUT2D eigenvalue weighted by Gasteiger charge is 2.12. The van der Waals surface area contributed by atoms with Crippen LogP contribution in [0, 0.1) is 13.8 Å². The third-order valence-corrected chi connectivity index (χ3v) is 5.38. The number of aryl methyl sites for hydroxylation is 2. The number of nitrogens with one attached hydrogen (secondary N) is 1. The molecule has 1 amide bonds. The number of benzene rings is 2. The van der Waals surface area contributed by atoms with E-state index < -0.39 is 0 Å². The smallest absolute Gasteiger partial charge is 0.224 e. The highest BCUT2D eigenvalue weighted by Crippen LogP contribution is 2.24. The van der Waals surface area contributed by atoms with Crippen molar-refractivity contribution >= 4 is 23.4 Å². The van der Waals surface area contributed by atoms with Crippen molar-refractivity contribution in [3.63, 3.8) is 0 Å². The van der Waals surface area contributed by atoms with E-state index in [-0.39, 0.29) is 5.91 Å². The third kappa shape index (κ3) is 6.07. The molecule has 0 aliphatic carbocycles. The number of ether oxygens (including phenoxy) is 1. The van der Waals surface area contributed by atoms with Gasteiger partial charge in [-0.05, 0) is 49.8 Å². The van der Waals surface area contributed by atoms with Crippen molar-refractivity contribution in [1.29, 1.82) is 0 Å². The van der Waals surface area contributed by atoms with Gasteiger partial charge in [-0.1, -0.05) is 54.2 Å². The Balaban J connectivity index is 1.57. The van der Waals surface area contributed by atoms with Crippen molar-refractivity contribution in [3.05, 3.63) is 77.1 Å². The first-order valence-electron chi connectivity index (χ1n) is 10.0. The van der Waals surface area contributed by atoms with E-state index >= 15 is 0 Å². The summed E-state index contributed by atoms with van der Waals surface area (Å²) in [6.45, 7) is 4.49. The molecule has 30 heavy (non-hydrogen) atoms. The number of para-hydroxylation sites is 2. The van der Waals surface area contributed by atoms with Gasteiger partial charge in [-0.15, -0.1) is 0 Å². The molecule has 0 bridgehead atoms. The molecular formula is C24H27N3O2S. The Morgan fingerprint density at radius 1 is 0.967 bits per heavy atom. The Morgan fingerprint density at radius 3 is 2.33 bits per heavy atom. The molecule has 156 valence electrons. The Bertz CT molecular complexity index is 970. The Kier molecular flexibility index (Phi) is 7.85. The number of anilines is 1. The molecule has 0 saturated heterocycles. The average molecular weight is 422 g/mol. The first kappa shape index (κ1) is 21.8. The van der Waals surface area contributed by atoms with Crippen molar-refractivity contribution in [3.8, 4) is 5.75 Å². The number of carbonyl (C=O) groups is 1. The predicted octanol–water partition coefficient (Wildman–Crippen LogP) is 5.01. The number of nitrogens with zero attached hydrogens (tertiary/aromatic N) is 2. The van der Waals surface area contributed by atoms with Gasteiger partial charge in [0.1, 0.15) is 5.75 Å². The quantitative estimate of drug-likeness (QED) is 0.389. The molecule has 0 fully saturated rings. The van der Waals surface area contributed by atoms with E-state index in [9.17, 15) is 4.79 Å². The van der Waals surface area contributed by atoms with E-state index in [0.717, 1.165) is 28.5 Å². The number of hydrogen-bond donors (Lipinski definition) is 1. The molecule has 0 aliphatic rings. The van der Waals surface area contributed by atoms with Gasteiger partial charge in [0.2, 0.25) is 5.91 Å². The standard InChI is InChI=1S/C24H27N3O2S/c1-17-20(18(2)26-24(25-17)30-3)13-14-23(28)27-21-11-7-8-12-22(21)29-16-15-19-9-5-4-6-10-19/h4-12H,13-16H2,1-3H3,(H,27,28). The summed E-state index contributed by atoms with van der Waals surface area (Å²) >= 11 is 1.52. The summed E-state index contributed by atoms with van der Waals surface area (Å²) in [5.74, 6) is 0.628. The lowest BCUT2D eigenvalue weighted by molar-refractivity contribution is -0.116. The van der Waals surface area contributed by atoms with E-state index in [1.807, 2.05) is 62.6 Å². The molecule has 3 rings (SSSR count). The first-order chi connectivity index (χ1) is 14.6. The van der Waals surface area contributed by atoms with Crippen LogP contribution in [0.3, 0.4) is 0 Å². The average Bonchev–Trinajstić information content (AvgIpc) is 2.75. The van der Waals surface area contributed by atoms with Gasteiger partial charge in [0.05, 0.1) is 12.3 Å². The van der Waals surface area contributed by atoms with Crippen molar-refractivity contribution in [2.75, 3.05) is 18.2 Å². The highest BCUT2D eigenvalue weighted by molar-refractivity contribution is 7.98. The number of thioether (sulfide) groups is 1. The zero-order valence-corrected chi connectivity index (χ0v) is 18.5. The van der Waals surface area contributed by atoms with E-state index in [0.29, 0.717) is 30.9 Å². The summed E-state index contributed by atoms with van der Waals surface area (Å²) in [5, 5.41) is 3.75. The van der Waals surface area contributed by atoms with Crippen molar-refractivity contribution in [2.45, 2.75) is 38.3 Å². The summed E-state index contributed by atoms with van der Waals surface area (Å²) in [6, 6.07) is 17.7. The monoisotopic (exact) mass is 421 g/mol. The molecule has 0 spiro atoms. The fourth-order valence-electron chi connectivity index (χ4n) is 3.23.